The van der Waals surface area contributed by atoms with Crippen LogP contribution in [-0.2, 0) is 6.42 Å². The van der Waals surface area contributed by atoms with Crippen molar-refractivity contribution in [1.29, 1.82) is 0 Å². The molecule has 0 heterocycles. The Morgan fingerprint density at radius 3 is 2.50 bits per heavy atom. The molecule has 0 amide bonds. The fourth-order valence-corrected chi connectivity index (χ4v) is 2.08. The average Bonchev–Trinajstić information content (AvgIpc) is 2.35. The van der Waals surface area contributed by atoms with Crippen LogP contribution in [0.1, 0.15) is 32.8 Å². The van der Waals surface area contributed by atoms with Gasteiger partial charge in [-0.15, -0.1) is 0 Å². The summed E-state index contributed by atoms with van der Waals surface area (Å²) in [6, 6.07) is 10.2. The van der Waals surface area contributed by atoms with E-state index in [1.807, 2.05) is 25.1 Å². The molecule has 4 N–H and O–H groups in total. The van der Waals surface area contributed by atoms with Crippen molar-refractivity contribution in [3.05, 3.63) is 35.9 Å². The minimum absolute atomic E-state index is 0.103. The van der Waals surface area contributed by atoms with E-state index in [-0.39, 0.29) is 17.4 Å². The Morgan fingerprint density at radius 1 is 1.39 bits per heavy atom. The number of nitrogens with two attached hydrogens (primary N) is 1. The summed E-state index contributed by atoms with van der Waals surface area (Å²) in [5.74, 6) is 0.235. The van der Waals surface area contributed by atoms with Crippen molar-refractivity contribution in [3.63, 3.8) is 0 Å². The maximum Gasteiger partial charge on any atom is 0.156 e. The Labute approximate surface area is 109 Å². The zero-order valence-electron chi connectivity index (χ0n) is 11.4. The van der Waals surface area contributed by atoms with Crippen LogP contribution in [0.3, 0.4) is 0 Å². The van der Waals surface area contributed by atoms with Crippen LogP contribution in [0.25, 0.3) is 0 Å². The first-order valence-electron chi connectivity index (χ1n) is 6.27. The smallest absolute Gasteiger partial charge is 0.156 e. The highest BCUT2D eigenvalue weighted by Gasteiger charge is 2.23. The Balaban J connectivity index is 2.69. The zero-order valence-corrected chi connectivity index (χ0v) is 11.4. The molecular formula is C14H23N3O. The van der Waals surface area contributed by atoms with Crippen LogP contribution in [-0.4, -0.2) is 22.6 Å². The maximum absolute atomic E-state index is 8.75. The lowest BCUT2D eigenvalue weighted by Gasteiger charge is -2.31. The second kappa shape index (κ2) is 6.40. The molecular weight excluding hydrogens is 226 g/mol. The van der Waals surface area contributed by atoms with Crippen LogP contribution in [0.15, 0.2) is 35.5 Å². The Morgan fingerprint density at radius 2 is 2.00 bits per heavy atom. The SMILES string of the molecule is CCC(NC(C)(C)Cc1ccccc1)/C(N)=N/O. The quantitative estimate of drug-likeness (QED) is 0.313. The molecule has 1 atom stereocenters. The molecule has 1 unspecified atom stereocenters. The first kappa shape index (κ1) is 14.5. The van der Waals surface area contributed by atoms with Gasteiger partial charge in [0.25, 0.3) is 0 Å². The third-order valence-electron chi connectivity index (χ3n) is 2.93. The zero-order chi connectivity index (χ0) is 13.6. The highest BCUT2D eigenvalue weighted by molar-refractivity contribution is 5.85. The van der Waals surface area contributed by atoms with Gasteiger partial charge in [-0.3, -0.25) is 0 Å². The van der Waals surface area contributed by atoms with Gasteiger partial charge < -0.3 is 16.3 Å². The topological polar surface area (TPSA) is 70.6 Å². The summed E-state index contributed by atoms with van der Waals surface area (Å²) in [4.78, 5) is 0. The van der Waals surface area contributed by atoms with Gasteiger partial charge in [-0.1, -0.05) is 42.4 Å². The number of oxime groups is 1. The molecule has 1 aromatic rings. The molecule has 0 radical (unpaired) electrons. The molecule has 4 heteroatoms. The van der Waals surface area contributed by atoms with Gasteiger partial charge in [-0.25, -0.2) is 0 Å². The first-order chi connectivity index (χ1) is 8.48. The van der Waals surface area contributed by atoms with Crippen molar-refractivity contribution in [1.82, 2.24) is 5.32 Å². The lowest BCUT2D eigenvalue weighted by atomic mass is 9.93. The third-order valence-corrected chi connectivity index (χ3v) is 2.93. The van der Waals surface area contributed by atoms with E-state index < -0.39 is 0 Å². The normalized spacial score (nSPS) is 14.5. The molecule has 0 spiro atoms. The van der Waals surface area contributed by atoms with Crippen LogP contribution in [0.5, 0.6) is 0 Å². The summed E-state index contributed by atoms with van der Waals surface area (Å²) in [5.41, 5.74) is 6.82. The van der Waals surface area contributed by atoms with Crippen molar-refractivity contribution in [2.24, 2.45) is 10.9 Å². The van der Waals surface area contributed by atoms with Gasteiger partial charge in [0.05, 0.1) is 6.04 Å². The van der Waals surface area contributed by atoms with E-state index in [0.717, 1.165) is 12.8 Å². The van der Waals surface area contributed by atoms with Gasteiger partial charge in [0, 0.05) is 5.54 Å². The van der Waals surface area contributed by atoms with Crippen LogP contribution in [0.4, 0.5) is 0 Å². The summed E-state index contributed by atoms with van der Waals surface area (Å²) >= 11 is 0. The fraction of sp³-hybridized carbons (Fsp3) is 0.500. The van der Waals surface area contributed by atoms with Crippen LogP contribution < -0.4 is 11.1 Å². The molecule has 0 aliphatic carbocycles. The molecule has 1 rings (SSSR count). The standard InChI is InChI=1S/C14H23N3O/c1-4-12(13(15)17-18)16-14(2,3)10-11-8-6-5-7-9-11/h5-9,12,16,18H,4,10H2,1-3H3,(H2,15,17). The molecule has 0 bridgehead atoms. The lowest BCUT2D eigenvalue weighted by molar-refractivity contribution is 0.307. The number of rotatable bonds is 6. The average molecular weight is 249 g/mol. The second-order valence-corrected chi connectivity index (χ2v) is 5.18. The van der Waals surface area contributed by atoms with Crippen molar-refractivity contribution < 1.29 is 5.21 Å². The van der Waals surface area contributed by atoms with Gasteiger partial charge in [0.1, 0.15) is 0 Å². The predicted molar refractivity (Wildman–Crippen MR) is 74.8 cm³/mol. The van der Waals surface area contributed by atoms with Crippen molar-refractivity contribution in [2.45, 2.75) is 45.2 Å². The molecule has 0 saturated heterocycles. The van der Waals surface area contributed by atoms with E-state index in [4.69, 9.17) is 10.9 Å². The summed E-state index contributed by atoms with van der Waals surface area (Å²) in [6.45, 7) is 6.24. The maximum atomic E-state index is 8.75. The largest absolute Gasteiger partial charge is 0.409 e. The molecule has 0 aliphatic rings. The number of nitrogens with zero attached hydrogens (tertiary/aromatic N) is 1. The van der Waals surface area contributed by atoms with Gasteiger partial charge in [0.15, 0.2) is 5.84 Å². The van der Waals surface area contributed by atoms with E-state index in [1.165, 1.54) is 5.56 Å². The van der Waals surface area contributed by atoms with Crippen LogP contribution in [0, 0.1) is 0 Å². The van der Waals surface area contributed by atoms with E-state index in [9.17, 15) is 0 Å². The van der Waals surface area contributed by atoms with Crippen molar-refractivity contribution >= 4 is 5.84 Å². The fourth-order valence-electron chi connectivity index (χ4n) is 2.08. The van der Waals surface area contributed by atoms with Crippen molar-refractivity contribution in [2.75, 3.05) is 0 Å². The molecule has 0 fully saturated rings. The molecule has 18 heavy (non-hydrogen) atoms. The van der Waals surface area contributed by atoms with Gasteiger partial charge in [-0.05, 0) is 32.3 Å². The molecule has 0 aliphatic heterocycles. The minimum atomic E-state index is -0.114. The lowest BCUT2D eigenvalue weighted by Crippen LogP contribution is -2.52. The number of nitrogens with one attached hydrogen (secondary N) is 1. The molecule has 0 aromatic heterocycles. The van der Waals surface area contributed by atoms with E-state index >= 15 is 0 Å². The van der Waals surface area contributed by atoms with Gasteiger partial charge in [0.2, 0.25) is 0 Å². The minimum Gasteiger partial charge on any atom is -0.409 e. The van der Waals surface area contributed by atoms with Gasteiger partial charge >= 0.3 is 0 Å². The number of hydrogen-bond donors (Lipinski definition) is 3. The predicted octanol–water partition coefficient (Wildman–Crippen LogP) is 2.12. The highest BCUT2D eigenvalue weighted by atomic mass is 16.4. The van der Waals surface area contributed by atoms with Crippen LogP contribution >= 0.6 is 0 Å². The summed E-state index contributed by atoms with van der Waals surface area (Å²) in [5, 5.41) is 15.3. The summed E-state index contributed by atoms with van der Waals surface area (Å²) in [6.07, 6.45) is 1.68. The molecule has 0 saturated carbocycles. The second-order valence-electron chi connectivity index (χ2n) is 5.18. The van der Waals surface area contributed by atoms with E-state index in [2.05, 4.69) is 36.5 Å². The first-order valence-corrected chi connectivity index (χ1v) is 6.27. The Hall–Kier alpha value is -1.55. The molecule has 100 valence electrons. The molecule has 4 nitrogen and oxygen atoms in total. The van der Waals surface area contributed by atoms with Crippen LogP contribution in [0.2, 0.25) is 0 Å². The Kier molecular flexibility index (Phi) is 5.16. The summed E-state index contributed by atoms with van der Waals surface area (Å²) in [7, 11) is 0. The number of benzene rings is 1. The van der Waals surface area contributed by atoms with Gasteiger partial charge in [-0.2, -0.15) is 0 Å². The third kappa shape index (κ3) is 4.37. The summed E-state index contributed by atoms with van der Waals surface area (Å²) < 4.78 is 0. The van der Waals surface area contributed by atoms with E-state index in [0.29, 0.717) is 0 Å². The highest BCUT2D eigenvalue weighted by Crippen LogP contribution is 2.14. The number of hydrogen-bond acceptors (Lipinski definition) is 3. The molecule has 1 aromatic carbocycles. The monoisotopic (exact) mass is 249 g/mol. The Bertz CT molecular complexity index is 387. The van der Waals surface area contributed by atoms with Crippen molar-refractivity contribution in [3.8, 4) is 0 Å². The van der Waals surface area contributed by atoms with E-state index in [1.54, 1.807) is 0 Å². The number of amidine groups is 1.